The molecule has 0 N–H and O–H groups in total. The predicted molar refractivity (Wildman–Crippen MR) is 20.3 cm³/mol. The largest absolute Gasteiger partial charge is 0.292 e. The lowest BCUT2D eigenvalue weighted by Crippen LogP contribution is -1.67. The summed E-state index contributed by atoms with van der Waals surface area (Å²) in [5.74, 6) is 0. The molecule has 0 saturated carbocycles. The zero-order chi connectivity index (χ0) is 4.41. The molecule has 1 rings (SSSR count). The maximum absolute atomic E-state index is 4.37. The Morgan fingerprint density at radius 2 is 2.17 bits per heavy atom. The van der Waals surface area contributed by atoms with E-state index in [0.29, 0.717) is 0 Å². The Hall–Kier alpha value is -0.0800. The van der Waals surface area contributed by atoms with E-state index >= 15 is 0 Å². The predicted octanol–water partition coefficient (Wildman–Crippen LogP) is 1.24. The number of rotatable bonds is 2. The van der Waals surface area contributed by atoms with Crippen LogP contribution in [0.3, 0.4) is 0 Å². The van der Waals surface area contributed by atoms with Gasteiger partial charge < -0.3 is 0 Å². The summed E-state index contributed by atoms with van der Waals surface area (Å²) in [5, 5.41) is 0. The molecule has 0 aromatic heterocycles. The lowest BCUT2D eigenvalue weighted by Gasteiger charge is -1.73. The zero-order valence-corrected chi connectivity index (χ0v) is 3.73. The highest BCUT2D eigenvalue weighted by molar-refractivity contribution is 4.66. The van der Waals surface area contributed by atoms with Gasteiger partial charge in [0, 0.05) is 6.42 Å². The second-order valence-electron chi connectivity index (χ2n) is 1.29. The van der Waals surface area contributed by atoms with E-state index in [2.05, 4.69) is 16.7 Å². The molecular formula is C4H7O2. The van der Waals surface area contributed by atoms with Gasteiger partial charge in [-0.25, -0.2) is 0 Å². The van der Waals surface area contributed by atoms with Gasteiger partial charge in [0.2, 0.25) is 0 Å². The summed E-state index contributed by atoms with van der Waals surface area (Å²) in [5.41, 5.74) is 0. The van der Waals surface area contributed by atoms with E-state index in [1.54, 1.807) is 0 Å². The second-order valence-corrected chi connectivity index (χ2v) is 1.29. The highest BCUT2D eigenvalue weighted by Crippen LogP contribution is 2.26. The van der Waals surface area contributed by atoms with Crippen molar-refractivity contribution in [3.8, 4) is 0 Å². The first-order valence-electron chi connectivity index (χ1n) is 2.14. The molecule has 0 unspecified atom stereocenters. The molecule has 1 radical (unpaired) electrons. The van der Waals surface area contributed by atoms with E-state index in [4.69, 9.17) is 0 Å². The minimum absolute atomic E-state index is 0.789. The Labute approximate surface area is 37.0 Å². The van der Waals surface area contributed by atoms with Gasteiger partial charge in [-0.3, -0.25) is 0 Å². The minimum atomic E-state index is 0.789. The van der Waals surface area contributed by atoms with Gasteiger partial charge in [-0.05, 0) is 0 Å². The van der Waals surface area contributed by atoms with Gasteiger partial charge in [-0.15, -0.1) is 0 Å². The van der Waals surface area contributed by atoms with E-state index in [-0.39, 0.29) is 0 Å². The highest BCUT2D eigenvalue weighted by atomic mass is 17.4. The summed E-state index contributed by atoms with van der Waals surface area (Å²) in [6.07, 6.45) is 2.85. The summed E-state index contributed by atoms with van der Waals surface area (Å²) in [4.78, 5) is 8.73. The van der Waals surface area contributed by atoms with E-state index in [0.717, 1.165) is 19.1 Å². The fourth-order valence-corrected chi connectivity index (χ4v) is 0.317. The van der Waals surface area contributed by atoms with Crippen molar-refractivity contribution >= 4 is 0 Å². The third kappa shape index (κ3) is 0.954. The van der Waals surface area contributed by atoms with Crippen molar-refractivity contribution in [3.05, 3.63) is 6.29 Å². The second kappa shape index (κ2) is 1.58. The van der Waals surface area contributed by atoms with Crippen molar-refractivity contribution in [3.63, 3.8) is 0 Å². The molecule has 1 heterocycles. The summed E-state index contributed by atoms with van der Waals surface area (Å²) < 4.78 is 0. The molecule has 0 spiro atoms. The average Bonchev–Trinajstić information content (AvgIpc) is 2.21. The lowest BCUT2D eigenvalue weighted by molar-refractivity contribution is 0.0850. The smallest absolute Gasteiger partial charge is 0.188 e. The Kier molecular flexibility index (Phi) is 1.08. The van der Waals surface area contributed by atoms with Crippen molar-refractivity contribution < 1.29 is 9.78 Å². The summed E-state index contributed by atoms with van der Waals surface area (Å²) in [6.45, 7) is 2.08. The monoisotopic (exact) mass is 87.0 g/mol. The standard InChI is InChI=1S/C4H7O2/c1-2-3-4-5-6-4/h2-3H2,1H3. The van der Waals surface area contributed by atoms with Crippen molar-refractivity contribution in [2.45, 2.75) is 19.8 Å². The molecule has 0 aromatic carbocycles. The average molecular weight is 87.1 g/mol. The molecular weight excluding hydrogens is 80.0 g/mol. The first kappa shape index (κ1) is 4.09. The van der Waals surface area contributed by atoms with E-state index in [9.17, 15) is 0 Å². The van der Waals surface area contributed by atoms with Gasteiger partial charge >= 0.3 is 0 Å². The lowest BCUT2D eigenvalue weighted by atomic mass is 10.3. The van der Waals surface area contributed by atoms with Crippen LogP contribution in [0.1, 0.15) is 19.8 Å². The van der Waals surface area contributed by atoms with Crippen LogP contribution in [0.15, 0.2) is 0 Å². The van der Waals surface area contributed by atoms with Crippen LogP contribution >= 0.6 is 0 Å². The van der Waals surface area contributed by atoms with Gasteiger partial charge in [0.1, 0.15) is 0 Å². The molecule has 0 aromatic rings. The fraction of sp³-hybridized carbons (Fsp3) is 0.750. The molecule has 0 aliphatic carbocycles. The molecule has 2 nitrogen and oxygen atoms in total. The molecule has 2 heteroatoms. The summed E-state index contributed by atoms with van der Waals surface area (Å²) in [6, 6.07) is 0. The van der Waals surface area contributed by atoms with Gasteiger partial charge in [-0.2, -0.15) is 9.78 Å². The van der Waals surface area contributed by atoms with E-state index < -0.39 is 0 Å². The quantitative estimate of drug-likeness (QED) is 0.374. The van der Waals surface area contributed by atoms with E-state index in [1.807, 2.05) is 0 Å². The van der Waals surface area contributed by atoms with Gasteiger partial charge in [0.15, 0.2) is 0 Å². The molecule has 1 aliphatic rings. The Morgan fingerprint density at radius 1 is 1.50 bits per heavy atom. The molecule has 0 bridgehead atoms. The summed E-state index contributed by atoms with van der Waals surface area (Å²) >= 11 is 0. The maximum Gasteiger partial charge on any atom is 0.292 e. The Morgan fingerprint density at radius 3 is 2.33 bits per heavy atom. The minimum Gasteiger partial charge on any atom is -0.188 e. The molecule has 1 fully saturated rings. The van der Waals surface area contributed by atoms with Crippen LogP contribution in [0, 0.1) is 6.29 Å². The molecule has 35 valence electrons. The van der Waals surface area contributed by atoms with Gasteiger partial charge in [0.05, 0.1) is 0 Å². The van der Waals surface area contributed by atoms with Crippen LogP contribution in [0.25, 0.3) is 0 Å². The molecule has 1 aliphatic heterocycles. The molecule has 0 atom stereocenters. The van der Waals surface area contributed by atoms with Crippen molar-refractivity contribution in [1.82, 2.24) is 0 Å². The third-order valence-electron chi connectivity index (χ3n) is 0.655. The van der Waals surface area contributed by atoms with Crippen LogP contribution in [0.5, 0.6) is 0 Å². The normalized spacial score (nSPS) is 21.5. The first-order chi connectivity index (χ1) is 2.93. The fourth-order valence-electron chi connectivity index (χ4n) is 0.317. The molecule has 0 amide bonds. The third-order valence-corrected chi connectivity index (χ3v) is 0.655. The van der Waals surface area contributed by atoms with Crippen molar-refractivity contribution in [1.29, 1.82) is 0 Å². The first-order valence-corrected chi connectivity index (χ1v) is 2.14. The van der Waals surface area contributed by atoms with Crippen LogP contribution in [-0.4, -0.2) is 0 Å². The van der Waals surface area contributed by atoms with Crippen LogP contribution in [0.4, 0.5) is 0 Å². The van der Waals surface area contributed by atoms with Gasteiger partial charge in [0.25, 0.3) is 6.29 Å². The molecule has 1 saturated heterocycles. The SMILES string of the molecule is CCC[C]1OO1. The van der Waals surface area contributed by atoms with E-state index in [1.165, 1.54) is 0 Å². The zero-order valence-electron chi connectivity index (χ0n) is 3.73. The maximum atomic E-state index is 4.37. The molecule has 6 heavy (non-hydrogen) atoms. The number of hydrogen-bond donors (Lipinski definition) is 0. The number of hydrogen-bond acceptors (Lipinski definition) is 2. The van der Waals surface area contributed by atoms with Crippen LogP contribution in [-0.2, 0) is 9.78 Å². The van der Waals surface area contributed by atoms with Crippen molar-refractivity contribution in [2.24, 2.45) is 0 Å². The highest BCUT2D eigenvalue weighted by Gasteiger charge is 2.26. The summed E-state index contributed by atoms with van der Waals surface area (Å²) in [7, 11) is 0. The van der Waals surface area contributed by atoms with Crippen molar-refractivity contribution in [2.75, 3.05) is 0 Å². The Balaban J connectivity index is 1.88. The van der Waals surface area contributed by atoms with Gasteiger partial charge in [-0.1, -0.05) is 13.3 Å². The van der Waals surface area contributed by atoms with Crippen LogP contribution in [0.2, 0.25) is 0 Å². The topological polar surface area (TPSA) is 25.1 Å². The Bertz CT molecular complexity index is 40.8. The van der Waals surface area contributed by atoms with Crippen LogP contribution < -0.4 is 0 Å².